The smallest absolute Gasteiger partial charge is 0.147 e. The van der Waals surface area contributed by atoms with Crippen LogP contribution in [0.1, 0.15) is 5.56 Å². The van der Waals surface area contributed by atoms with Gasteiger partial charge in [-0.3, -0.25) is 4.98 Å². The number of hydrogen-bond donors (Lipinski definition) is 2. The lowest BCUT2D eigenvalue weighted by Gasteiger charge is -2.08. The third-order valence-electron chi connectivity index (χ3n) is 3.08. The summed E-state index contributed by atoms with van der Waals surface area (Å²) in [7, 11) is 0. The van der Waals surface area contributed by atoms with Gasteiger partial charge in [-0.1, -0.05) is 18.2 Å². The molecule has 0 aliphatic rings. The molecule has 2 heterocycles. The molecule has 0 saturated carbocycles. The minimum atomic E-state index is -0.229. The van der Waals surface area contributed by atoms with E-state index in [2.05, 4.69) is 14.7 Å². The first-order valence-electron chi connectivity index (χ1n) is 6.38. The van der Waals surface area contributed by atoms with E-state index in [4.69, 9.17) is 5.73 Å². The Hall–Kier alpha value is -2.47. The molecule has 0 fully saturated rings. The Bertz CT molecular complexity index is 742. The van der Waals surface area contributed by atoms with Gasteiger partial charge in [-0.2, -0.15) is 4.37 Å². The average molecular weight is 300 g/mol. The Kier molecular flexibility index (Phi) is 3.79. The molecule has 0 spiro atoms. The third kappa shape index (κ3) is 2.85. The molecule has 106 valence electrons. The standard InChI is InChI=1S/C15H13FN4S/c16-12-4-2-1-3-11(12)9-19-15-13(14(17)20-21-15)10-5-7-18-8-6-10/h1-8,19H,9H2,(H2,17,20). The zero-order valence-electron chi connectivity index (χ0n) is 11.1. The molecule has 0 amide bonds. The van der Waals surface area contributed by atoms with Crippen LogP contribution in [-0.2, 0) is 6.54 Å². The van der Waals surface area contributed by atoms with Crippen LogP contribution in [0.5, 0.6) is 0 Å². The van der Waals surface area contributed by atoms with Crippen molar-refractivity contribution in [3.05, 3.63) is 60.2 Å². The number of halogens is 1. The van der Waals surface area contributed by atoms with E-state index in [9.17, 15) is 4.39 Å². The van der Waals surface area contributed by atoms with E-state index in [1.807, 2.05) is 18.2 Å². The first kappa shape index (κ1) is 13.5. The van der Waals surface area contributed by atoms with Crippen LogP contribution < -0.4 is 11.1 Å². The molecule has 3 rings (SSSR count). The summed E-state index contributed by atoms with van der Waals surface area (Å²) < 4.78 is 17.8. The molecule has 21 heavy (non-hydrogen) atoms. The summed E-state index contributed by atoms with van der Waals surface area (Å²) in [6.07, 6.45) is 3.40. The summed E-state index contributed by atoms with van der Waals surface area (Å²) in [5.41, 5.74) is 8.31. The molecule has 4 nitrogen and oxygen atoms in total. The molecule has 0 aliphatic carbocycles. The highest BCUT2D eigenvalue weighted by molar-refractivity contribution is 7.11. The summed E-state index contributed by atoms with van der Waals surface area (Å²) in [5, 5.41) is 4.03. The van der Waals surface area contributed by atoms with E-state index in [1.54, 1.807) is 24.5 Å². The number of nitrogens with zero attached hydrogens (tertiary/aromatic N) is 2. The number of benzene rings is 1. The van der Waals surface area contributed by atoms with Crippen molar-refractivity contribution >= 4 is 22.4 Å². The highest BCUT2D eigenvalue weighted by Crippen LogP contribution is 2.36. The molecular weight excluding hydrogens is 287 g/mol. The Morgan fingerprint density at radius 2 is 1.90 bits per heavy atom. The fourth-order valence-corrected chi connectivity index (χ4v) is 2.77. The number of pyridine rings is 1. The molecule has 3 N–H and O–H groups in total. The predicted molar refractivity (Wildman–Crippen MR) is 83.5 cm³/mol. The molecule has 3 aromatic rings. The summed E-state index contributed by atoms with van der Waals surface area (Å²) in [6.45, 7) is 0.381. The van der Waals surface area contributed by atoms with Gasteiger partial charge in [0, 0.05) is 24.5 Å². The summed E-state index contributed by atoms with van der Waals surface area (Å²) >= 11 is 1.27. The maximum Gasteiger partial charge on any atom is 0.147 e. The van der Waals surface area contributed by atoms with Gasteiger partial charge in [0.2, 0.25) is 0 Å². The summed E-state index contributed by atoms with van der Waals surface area (Å²) in [6, 6.07) is 10.4. The molecular formula is C15H13FN4S. The van der Waals surface area contributed by atoms with Crippen molar-refractivity contribution in [2.24, 2.45) is 0 Å². The van der Waals surface area contributed by atoms with Crippen molar-refractivity contribution in [2.45, 2.75) is 6.54 Å². The molecule has 0 unspecified atom stereocenters. The van der Waals surface area contributed by atoms with Gasteiger partial charge >= 0.3 is 0 Å². The first-order chi connectivity index (χ1) is 10.3. The van der Waals surface area contributed by atoms with Crippen LogP contribution in [0.15, 0.2) is 48.8 Å². The quantitative estimate of drug-likeness (QED) is 0.773. The Morgan fingerprint density at radius 3 is 2.67 bits per heavy atom. The molecule has 0 aliphatic heterocycles. The number of rotatable bonds is 4. The Morgan fingerprint density at radius 1 is 1.14 bits per heavy atom. The normalized spacial score (nSPS) is 10.5. The van der Waals surface area contributed by atoms with Gasteiger partial charge in [0.15, 0.2) is 0 Å². The van der Waals surface area contributed by atoms with Crippen LogP contribution in [0.4, 0.5) is 15.2 Å². The number of nitrogen functional groups attached to an aromatic ring is 1. The molecule has 1 aromatic carbocycles. The Labute approximate surface area is 125 Å². The fourth-order valence-electron chi connectivity index (χ4n) is 2.04. The lowest BCUT2D eigenvalue weighted by atomic mass is 10.1. The minimum absolute atomic E-state index is 0.229. The fraction of sp³-hybridized carbons (Fsp3) is 0.0667. The number of nitrogens with one attached hydrogen (secondary N) is 1. The van der Waals surface area contributed by atoms with Gasteiger partial charge in [-0.05, 0) is 35.3 Å². The van der Waals surface area contributed by atoms with Gasteiger partial charge in [-0.15, -0.1) is 0 Å². The molecule has 0 radical (unpaired) electrons. The number of aromatic nitrogens is 2. The predicted octanol–water partition coefficient (Wildman–Crippen LogP) is 3.54. The maximum absolute atomic E-state index is 13.6. The van der Waals surface area contributed by atoms with Crippen molar-refractivity contribution in [1.29, 1.82) is 0 Å². The second kappa shape index (κ2) is 5.88. The zero-order valence-corrected chi connectivity index (χ0v) is 11.9. The van der Waals surface area contributed by atoms with Crippen molar-refractivity contribution in [3.63, 3.8) is 0 Å². The first-order valence-corrected chi connectivity index (χ1v) is 7.16. The number of nitrogens with two attached hydrogens (primary N) is 1. The highest BCUT2D eigenvalue weighted by Gasteiger charge is 2.13. The lowest BCUT2D eigenvalue weighted by molar-refractivity contribution is 0.613. The van der Waals surface area contributed by atoms with Crippen LogP contribution in [0.3, 0.4) is 0 Å². The Balaban J connectivity index is 1.86. The second-order valence-corrected chi connectivity index (χ2v) is 5.23. The topological polar surface area (TPSA) is 63.8 Å². The van der Waals surface area contributed by atoms with Crippen molar-refractivity contribution in [3.8, 4) is 11.1 Å². The van der Waals surface area contributed by atoms with Crippen LogP contribution in [-0.4, -0.2) is 9.36 Å². The van der Waals surface area contributed by atoms with E-state index in [0.29, 0.717) is 17.9 Å². The van der Waals surface area contributed by atoms with Gasteiger partial charge in [0.1, 0.15) is 16.6 Å². The van der Waals surface area contributed by atoms with E-state index in [-0.39, 0.29) is 5.82 Å². The van der Waals surface area contributed by atoms with Crippen LogP contribution in [0, 0.1) is 5.82 Å². The molecule has 0 bridgehead atoms. The summed E-state index contributed by atoms with van der Waals surface area (Å²) in [4.78, 5) is 3.99. The zero-order chi connectivity index (χ0) is 14.7. The second-order valence-electron chi connectivity index (χ2n) is 4.45. The van der Waals surface area contributed by atoms with Gasteiger partial charge < -0.3 is 11.1 Å². The molecule has 6 heteroatoms. The van der Waals surface area contributed by atoms with Crippen LogP contribution in [0.2, 0.25) is 0 Å². The number of anilines is 2. The monoisotopic (exact) mass is 300 g/mol. The van der Waals surface area contributed by atoms with Crippen LogP contribution in [0.25, 0.3) is 11.1 Å². The van der Waals surface area contributed by atoms with E-state index in [1.165, 1.54) is 17.6 Å². The number of hydrogen-bond acceptors (Lipinski definition) is 5. The maximum atomic E-state index is 13.6. The van der Waals surface area contributed by atoms with E-state index < -0.39 is 0 Å². The largest absolute Gasteiger partial charge is 0.382 e. The molecule has 2 aromatic heterocycles. The average Bonchev–Trinajstić information content (AvgIpc) is 2.88. The minimum Gasteiger partial charge on any atom is -0.382 e. The van der Waals surface area contributed by atoms with Crippen LogP contribution >= 0.6 is 11.5 Å². The van der Waals surface area contributed by atoms with E-state index >= 15 is 0 Å². The SMILES string of the molecule is Nc1nsc(NCc2ccccc2F)c1-c1ccncc1. The third-order valence-corrected chi connectivity index (χ3v) is 3.90. The highest BCUT2D eigenvalue weighted by atomic mass is 32.1. The van der Waals surface area contributed by atoms with Gasteiger partial charge in [-0.25, -0.2) is 4.39 Å². The summed E-state index contributed by atoms with van der Waals surface area (Å²) in [5.74, 6) is 0.232. The molecule has 0 saturated heterocycles. The van der Waals surface area contributed by atoms with Gasteiger partial charge in [0.05, 0.1) is 5.56 Å². The van der Waals surface area contributed by atoms with Crippen molar-refractivity contribution in [2.75, 3.05) is 11.1 Å². The van der Waals surface area contributed by atoms with Crippen molar-refractivity contribution in [1.82, 2.24) is 9.36 Å². The van der Waals surface area contributed by atoms with Crippen molar-refractivity contribution < 1.29 is 4.39 Å². The van der Waals surface area contributed by atoms with E-state index in [0.717, 1.165) is 16.1 Å². The molecule has 0 atom stereocenters. The lowest BCUT2D eigenvalue weighted by Crippen LogP contribution is -2.01. The van der Waals surface area contributed by atoms with Gasteiger partial charge in [0.25, 0.3) is 0 Å².